The van der Waals surface area contributed by atoms with E-state index < -0.39 is 17.8 Å². The topological polar surface area (TPSA) is 75.6 Å². The van der Waals surface area contributed by atoms with Gasteiger partial charge in [0.15, 0.2) is 0 Å². The number of aliphatic carboxylic acids is 1. The molecule has 1 amide bonds. The van der Waals surface area contributed by atoms with Crippen LogP contribution in [-0.4, -0.2) is 30.2 Å². The summed E-state index contributed by atoms with van der Waals surface area (Å²) in [5.41, 5.74) is 0.570. The van der Waals surface area contributed by atoms with E-state index in [9.17, 15) is 14.0 Å². The summed E-state index contributed by atoms with van der Waals surface area (Å²) in [7, 11) is 0. The second-order valence-electron chi connectivity index (χ2n) is 4.77. The molecule has 1 heterocycles. The van der Waals surface area contributed by atoms with Gasteiger partial charge in [-0.25, -0.2) is 4.39 Å². The van der Waals surface area contributed by atoms with E-state index in [1.54, 1.807) is 0 Å². The summed E-state index contributed by atoms with van der Waals surface area (Å²) in [6.45, 7) is 0.896. The Hall–Kier alpha value is -1.95. The molecule has 0 aliphatic carbocycles. The quantitative estimate of drug-likeness (QED) is 0.857. The minimum absolute atomic E-state index is 0.224. The first-order valence-corrected chi connectivity index (χ1v) is 6.41. The highest BCUT2D eigenvalue weighted by Crippen LogP contribution is 2.20. The van der Waals surface area contributed by atoms with Crippen LogP contribution >= 0.6 is 0 Å². The summed E-state index contributed by atoms with van der Waals surface area (Å²) < 4.78 is 18.0. The zero-order chi connectivity index (χ0) is 14.5. The van der Waals surface area contributed by atoms with E-state index in [0.29, 0.717) is 25.2 Å². The lowest BCUT2D eigenvalue weighted by Crippen LogP contribution is -2.35. The maximum Gasteiger partial charge on any atom is 0.305 e. The number of amides is 1. The van der Waals surface area contributed by atoms with Gasteiger partial charge in [-0.1, -0.05) is 12.1 Å². The number of halogens is 1. The van der Waals surface area contributed by atoms with Crippen molar-refractivity contribution in [2.45, 2.75) is 18.9 Å². The van der Waals surface area contributed by atoms with E-state index in [0.717, 1.165) is 0 Å². The number of hydrogen-bond donors (Lipinski definition) is 2. The van der Waals surface area contributed by atoms with Crippen LogP contribution in [-0.2, 0) is 14.3 Å². The fourth-order valence-corrected chi connectivity index (χ4v) is 2.15. The lowest BCUT2D eigenvalue weighted by molar-refractivity contribution is -0.137. The maximum atomic E-state index is 12.9. The van der Waals surface area contributed by atoms with Crippen LogP contribution in [0.4, 0.5) is 4.39 Å². The number of rotatable bonds is 5. The molecular formula is C14H16FNO4. The van der Waals surface area contributed by atoms with Gasteiger partial charge in [0.1, 0.15) is 5.82 Å². The Morgan fingerprint density at radius 1 is 1.40 bits per heavy atom. The van der Waals surface area contributed by atoms with E-state index in [-0.39, 0.29) is 18.2 Å². The second-order valence-corrected chi connectivity index (χ2v) is 4.77. The van der Waals surface area contributed by atoms with Crippen LogP contribution in [0, 0.1) is 11.7 Å². The van der Waals surface area contributed by atoms with E-state index in [1.165, 1.54) is 24.3 Å². The molecule has 1 aliphatic rings. The van der Waals surface area contributed by atoms with Crippen molar-refractivity contribution in [2.75, 3.05) is 13.2 Å². The lowest BCUT2D eigenvalue weighted by atomic mass is 10.0. The van der Waals surface area contributed by atoms with Crippen LogP contribution in [0.15, 0.2) is 24.3 Å². The molecule has 5 nitrogen and oxygen atoms in total. The van der Waals surface area contributed by atoms with Gasteiger partial charge >= 0.3 is 5.97 Å². The van der Waals surface area contributed by atoms with E-state index in [2.05, 4.69) is 5.32 Å². The van der Waals surface area contributed by atoms with Crippen molar-refractivity contribution in [1.29, 1.82) is 0 Å². The Balaban J connectivity index is 2.08. The highest BCUT2D eigenvalue weighted by Gasteiger charge is 2.26. The molecule has 2 atom stereocenters. The highest BCUT2D eigenvalue weighted by atomic mass is 19.1. The Kier molecular flexibility index (Phi) is 4.68. The van der Waals surface area contributed by atoms with Gasteiger partial charge in [-0.2, -0.15) is 0 Å². The average molecular weight is 281 g/mol. The van der Waals surface area contributed by atoms with Crippen LogP contribution in [0.5, 0.6) is 0 Å². The number of carbonyl (C=O) groups is 2. The van der Waals surface area contributed by atoms with Gasteiger partial charge < -0.3 is 15.2 Å². The van der Waals surface area contributed by atoms with Crippen molar-refractivity contribution in [3.63, 3.8) is 0 Å². The van der Waals surface area contributed by atoms with Crippen molar-refractivity contribution in [1.82, 2.24) is 5.32 Å². The number of carboxylic acid groups (broad SMARTS) is 1. The van der Waals surface area contributed by atoms with Crippen molar-refractivity contribution >= 4 is 11.9 Å². The minimum atomic E-state index is -1.03. The van der Waals surface area contributed by atoms with Crippen molar-refractivity contribution in [3.8, 4) is 0 Å². The minimum Gasteiger partial charge on any atom is -0.481 e. The Morgan fingerprint density at radius 2 is 2.10 bits per heavy atom. The van der Waals surface area contributed by atoms with Gasteiger partial charge in [-0.15, -0.1) is 0 Å². The fourth-order valence-electron chi connectivity index (χ4n) is 2.15. The van der Waals surface area contributed by atoms with Gasteiger partial charge in [0.2, 0.25) is 5.91 Å². The third-order valence-corrected chi connectivity index (χ3v) is 3.27. The van der Waals surface area contributed by atoms with E-state index >= 15 is 0 Å². The van der Waals surface area contributed by atoms with Gasteiger partial charge in [-0.3, -0.25) is 9.59 Å². The molecule has 1 aliphatic heterocycles. The largest absolute Gasteiger partial charge is 0.481 e. The fraction of sp³-hybridized carbons (Fsp3) is 0.429. The summed E-state index contributed by atoms with van der Waals surface area (Å²) in [6.07, 6.45) is 0.389. The first-order valence-electron chi connectivity index (χ1n) is 6.41. The molecule has 1 aromatic carbocycles. The zero-order valence-electron chi connectivity index (χ0n) is 10.8. The Morgan fingerprint density at radius 3 is 2.65 bits per heavy atom. The van der Waals surface area contributed by atoms with Crippen molar-refractivity contribution in [2.24, 2.45) is 5.92 Å². The summed E-state index contributed by atoms with van der Waals surface area (Å²) in [5, 5.41) is 11.6. The molecule has 20 heavy (non-hydrogen) atoms. The number of ether oxygens (including phenoxy) is 1. The molecule has 108 valence electrons. The molecule has 1 saturated heterocycles. The van der Waals surface area contributed by atoms with Crippen LogP contribution in [0.25, 0.3) is 0 Å². The maximum absolute atomic E-state index is 12.9. The molecular weight excluding hydrogens is 265 g/mol. The van der Waals surface area contributed by atoms with Crippen molar-refractivity contribution in [3.05, 3.63) is 35.6 Å². The lowest BCUT2D eigenvalue weighted by Gasteiger charge is -2.19. The van der Waals surface area contributed by atoms with Crippen LogP contribution in [0.2, 0.25) is 0 Å². The van der Waals surface area contributed by atoms with Gasteiger partial charge in [0.25, 0.3) is 0 Å². The van der Waals surface area contributed by atoms with Crippen molar-refractivity contribution < 1.29 is 23.8 Å². The normalized spacial score (nSPS) is 19.6. The summed E-state index contributed by atoms with van der Waals surface area (Å²) in [4.78, 5) is 22.9. The molecule has 0 bridgehead atoms. The standard InChI is InChI=1S/C14H16FNO4/c15-11-3-1-9(2-4-11)12(7-13(17)18)16-14(19)10-5-6-20-8-10/h1-4,10,12H,5-8H2,(H,16,19)(H,17,18). The third kappa shape index (κ3) is 3.77. The van der Waals surface area contributed by atoms with E-state index in [1.807, 2.05) is 0 Å². The molecule has 2 unspecified atom stereocenters. The van der Waals surface area contributed by atoms with Crippen LogP contribution in [0.3, 0.4) is 0 Å². The molecule has 2 N–H and O–H groups in total. The first-order chi connectivity index (χ1) is 9.56. The summed E-state index contributed by atoms with van der Waals surface area (Å²) in [5.74, 6) is -1.90. The molecule has 0 saturated carbocycles. The molecule has 0 spiro atoms. The van der Waals surface area contributed by atoms with Gasteiger partial charge in [0.05, 0.1) is 25.0 Å². The predicted molar refractivity (Wildman–Crippen MR) is 68.5 cm³/mol. The zero-order valence-corrected chi connectivity index (χ0v) is 10.8. The summed E-state index contributed by atoms with van der Waals surface area (Å²) >= 11 is 0. The first kappa shape index (κ1) is 14.5. The molecule has 1 aromatic rings. The molecule has 1 fully saturated rings. The number of carbonyl (C=O) groups excluding carboxylic acids is 1. The van der Waals surface area contributed by atoms with Gasteiger partial charge in [-0.05, 0) is 24.1 Å². The summed E-state index contributed by atoms with van der Waals surface area (Å²) in [6, 6.07) is 4.79. The molecule has 6 heteroatoms. The number of benzene rings is 1. The number of hydrogen-bond acceptors (Lipinski definition) is 3. The molecule has 0 aromatic heterocycles. The van der Waals surface area contributed by atoms with Crippen LogP contribution in [0.1, 0.15) is 24.4 Å². The van der Waals surface area contributed by atoms with Gasteiger partial charge in [0, 0.05) is 6.61 Å². The monoisotopic (exact) mass is 281 g/mol. The second kappa shape index (κ2) is 6.47. The number of carboxylic acids is 1. The highest BCUT2D eigenvalue weighted by molar-refractivity contribution is 5.80. The molecule has 2 rings (SSSR count). The smallest absolute Gasteiger partial charge is 0.305 e. The van der Waals surface area contributed by atoms with E-state index in [4.69, 9.17) is 9.84 Å². The third-order valence-electron chi connectivity index (χ3n) is 3.27. The Bertz CT molecular complexity index is 482. The average Bonchev–Trinajstić information content (AvgIpc) is 2.92. The molecule has 0 radical (unpaired) electrons. The number of nitrogens with one attached hydrogen (secondary N) is 1. The SMILES string of the molecule is O=C(O)CC(NC(=O)C1CCOC1)c1ccc(F)cc1. The Labute approximate surface area is 115 Å². The van der Waals surface area contributed by atoms with Crippen LogP contribution < -0.4 is 5.32 Å². The predicted octanol–water partition coefficient (Wildman–Crippen LogP) is 1.49.